The number of amides is 3. The minimum Gasteiger partial charge on any atom is -0.319 e. The first-order valence-electron chi connectivity index (χ1n) is 9.66. The molecule has 5 nitrogen and oxygen atoms in total. The Bertz CT molecular complexity index is 911. The zero-order valence-electron chi connectivity index (χ0n) is 15.5. The summed E-state index contributed by atoms with van der Waals surface area (Å²) in [7, 11) is 0. The normalized spacial score (nSPS) is 23.7. The molecule has 1 heterocycles. The number of ketones is 1. The van der Waals surface area contributed by atoms with Gasteiger partial charge < -0.3 is 5.32 Å². The number of hydrogen-bond acceptors (Lipinski definition) is 3. The molecule has 1 aliphatic heterocycles. The molecule has 1 saturated heterocycles. The largest absolute Gasteiger partial charge is 0.325 e. The molecule has 140 valence electrons. The smallest absolute Gasteiger partial charge is 0.319 e. The average Bonchev–Trinajstić information content (AvgIpc) is 2.92. The van der Waals surface area contributed by atoms with E-state index in [-0.39, 0.29) is 24.2 Å². The second kappa shape index (κ2) is 6.80. The van der Waals surface area contributed by atoms with E-state index < -0.39 is 11.6 Å². The number of rotatable bonds is 4. The first-order chi connectivity index (χ1) is 13.0. The van der Waals surface area contributed by atoms with E-state index in [2.05, 4.69) is 5.32 Å². The first-order valence-corrected chi connectivity index (χ1v) is 9.66. The Morgan fingerprint density at radius 1 is 1.07 bits per heavy atom. The number of nitrogens with zero attached hydrogens (tertiary/aromatic N) is 1. The van der Waals surface area contributed by atoms with Crippen LogP contribution in [0.4, 0.5) is 4.79 Å². The number of Topliss-reactive ketones (excluding diaryl/α,β-unsaturated/α-hetero) is 1. The predicted molar refractivity (Wildman–Crippen MR) is 103 cm³/mol. The van der Waals surface area contributed by atoms with Gasteiger partial charge in [-0.15, -0.1) is 0 Å². The highest BCUT2D eigenvalue weighted by atomic mass is 16.2. The number of hydrogen-bond donors (Lipinski definition) is 1. The molecular formula is C22H24N2O3. The number of fused-ring (bicyclic) bond motifs is 1. The van der Waals surface area contributed by atoms with Gasteiger partial charge in [-0.1, -0.05) is 61.7 Å². The second-order valence-electron chi connectivity index (χ2n) is 7.77. The van der Waals surface area contributed by atoms with Crippen molar-refractivity contribution < 1.29 is 14.4 Å². The maximum absolute atomic E-state index is 13.2. The molecule has 27 heavy (non-hydrogen) atoms. The molecule has 4 rings (SSSR count). The summed E-state index contributed by atoms with van der Waals surface area (Å²) in [5.74, 6) is -0.378. The molecule has 1 aliphatic carbocycles. The monoisotopic (exact) mass is 364 g/mol. The van der Waals surface area contributed by atoms with Gasteiger partial charge in [0.1, 0.15) is 5.54 Å². The zero-order valence-corrected chi connectivity index (χ0v) is 15.5. The van der Waals surface area contributed by atoms with E-state index in [4.69, 9.17) is 0 Å². The van der Waals surface area contributed by atoms with Gasteiger partial charge in [-0.25, -0.2) is 4.79 Å². The molecule has 2 aromatic rings. The third kappa shape index (κ3) is 3.01. The van der Waals surface area contributed by atoms with E-state index in [1.807, 2.05) is 42.5 Å². The quantitative estimate of drug-likeness (QED) is 0.840. The topological polar surface area (TPSA) is 66.5 Å². The molecule has 1 N–H and O–H groups in total. The van der Waals surface area contributed by atoms with Crippen LogP contribution in [0.2, 0.25) is 0 Å². The zero-order chi connectivity index (χ0) is 19.0. The molecule has 0 spiro atoms. The van der Waals surface area contributed by atoms with Gasteiger partial charge in [-0.05, 0) is 36.1 Å². The molecule has 0 radical (unpaired) electrons. The van der Waals surface area contributed by atoms with Gasteiger partial charge in [0.2, 0.25) is 0 Å². The molecule has 2 aromatic carbocycles. The molecule has 1 unspecified atom stereocenters. The summed E-state index contributed by atoms with van der Waals surface area (Å²) in [6, 6.07) is 13.0. The van der Waals surface area contributed by atoms with E-state index >= 15 is 0 Å². The van der Waals surface area contributed by atoms with E-state index in [0.29, 0.717) is 0 Å². The van der Waals surface area contributed by atoms with Crippen LogP contribution in [0.25, 0.3) is 10.8 Å². The lowest BCUT2D eigenvalue weighted by Gasteiger charge is -2.25. The van der Waals surface area contributed by atoms with E-state index in [1.165, 1.54) is 0 Å². The van der Waals surface area contributed by atoms with Crippen LogP contribution in [-0.2, 0) is 15.1 Å². The van der Waals surface area contributed by atoms with E-state index in [9.17, 15) is 14.4 Å². The number of carbonyl (C=O) groups is 3. The highest BCUT2D eigenvalue weighted by molar-refractivity contribution is 6.11. The van der Waals surface area contributed by atoms with Crippen LogP contribution in [0.3, 0.4) is 0 Å². The summed E-state index contributed by atoms with van der Waals surface area (Å²) >= 11 is 0. The van der Waals surface area contributed by atoms with Crippen molar-refractivity contribution in [2.24, 2.45) is 5.92 Å². The Kier molecular flexibility index (Phi) is 4.46. The molecule has 1 atom stereocenters. The number of nitrogens with one attached hydrogen (secondary N) is 1. The third-order valence-electron chi connectivity index (χ3n) is 5.98. The van der Waals surface area contributed by atoms with Crippen LogP contribution in [0.15, 0.2) is 42.5 Å². The number of urea groups is 1. The van der Waals surface area contributed by atoms with Gasteiger partial charge in [-0.3, -0.25) is 14.5 Å². The van der Waals surface area contributed by atoms with Gasteiger partial charge in [0.25, 0.3) is 5.91 Å². The van der Waals surface area contributed by atoms with E-state index in [1.54, 1.807) is 6.92 Å². The summed E-state index contributed by atoms with van der Waals surface area (Å²) in [6.45, 7) is 1.59. The standard InChI is InChI=1S/C22H24N2O3/c1-22(18-13-7-11-15-8-5-6-12-17(15)18)20(26)24(21(27)23-22)14-19(25)16-9-3-2-4-10-16/h5-8,11-13,16H,2-4,9-10,14H2,1H3,(H,23,27). The third-order valence-corrected chi connectivity index (χ3v) is 5.98. The lowest BCUT2D eigenvalue weighted by molar-refractivity contribution is -0.135. The molecule has 3 amide bonds. The predicted octanol–water partition coefficient (Wildman–Crippen LogP) is 3.76. The Hall–Kier alpha value is -2.69. The lowest BCUT2D eigenvalue weighted by Crippen LogP contribution is -2.42. The van der Waals surface area contributed by atoms with Gasteiger partial charge in [0.05, 0.1) is 6.54 Å². The summed E-state index contributed by atoms with van der Waals surface area (Å²) in [5.41, 5.74) is -0.406. The Morgan fingerprint density at radius 2 is 1.78 bits per heavy atom. The minimum absolute atomic E-state index is 0.000342. The molecule has 2 fully saturated rings. The highest BCUT2D eigenvalue weighted by Crippen LogP contribution is 2.34. The van der Waals surface area contributed by atoms with Crippen LogP contribution >= 0.6 is 0 Å². The SMILES string of the molecule is CC1(c2cccc3ccccc23)NC(=O)N(CC(=O)C2CCCCC2)C1=O. The fourth-order valence-electron chi connectivity index (χ4n) is 4.39. The van der Waals surface area contributed by atoms with Crippen molar-refractivity contribution in [2.45, 2.75) is 44.6 Å². The molecular weight excluding hydrogens is 340 g/mol. The summed E-state index contributed by atoms with van der Waals surface area (Å²) in [6.07, 6.45) is 4.98. The van der Waals surface area contributed by atoms with Crippen LogP contribution in [0.5, 0.6) is 0 Å². The number of imide groups is 1. The average molecular weight is 364 g/mol. The van der Waals surface area contributed by atoms with Crippen LogP contribution in [-0.4, -0.2) is 29.2 Å². The van der Waals surface area contributed by atoms with Crippen LogP contribution in [0.1, 0.15) is 44.6 Å². The van der Waals surface area contributed by atoms with Gasteiger partial charge in [0, 0.05) is 5.92 Å². The Balaban J connectivity index is 1.62. The number of carbonyl (C=O) groups excluding carboxylic acids is 3. The van der Waals surface area contributed by atoms with Gasteiger partial charge in [0.15, 0.2) is 5.78 Å². The van der Waals surface area contributed by atoms with Crippen molar-refractivity contribution in [2.75, 3.05) is 6.54 Å². The maximum atomic E-state index is 13.2. The Morgan fingerprint density at radius 3 is 2.56 bits per heavy atom. The maximum Gasteiger partial charge on any atom is 0.325 e. The van der Waals surface area contributed by atoms with Crippen molar-refractivity contribution in [3.63, 3.8) is 0 Å². The first kappa shape index (κ1) is 17.7. The van der Waals surface area contributed by atoms with Crippen LogP contribution in [0, 0.1) is 5.92 Å². The highest BCUT2D eigenvalue weighted by Gasteiger charge is 2.50. The van der Waals surface area contributed by atoms with Crippen molar-refractivity contribution >= 4 is 28.5 Å². The second-order valence-corrected chi connectivity index (χ2v) is 7.77. The van der Waals surface area contributed by atoms with Gasteiger partial charge >= 0.3 is 6.03 Å². The molecule has 0 aromatic heterocycles. The van der Waals surface area contributed by atoms with Crippen LogP contribution < -0.4 is 5.32 Å². The molecule has 5 heteroatoms. The number of benzene rings is 2. The minimum atomic E-state index is -1.16. The fraction of sp³-hybridized carbons (Fsp3) is 0.409. The summed E-state index contributed by atoms with van der Waals surface area (Å²) < 4.78 is 0. The lowest BCUT2D eigenvalue weighted by atomic mass is 9.85. The molecule has 0 bridgehead atoms. The molecule has 2 aliphatic rings. The van der Waals surface area contributed by atoms with Crippen molar-refractivity contribution in [1.29, 1.82) is 0 Å². The Labute approximate surface area is 158 Å². The van der Waals surface area contributed by atoms with Crippen molar-refractivity contribution in [3.8, 4) is 0 Å². The fourth-order valence-corrected chi connectivity index (χ4v) is 4.39. The summed E-state index contributed by atoms with van der Waals surface area (Å²) in [5, 5.41) is 4.77. The molecule has 1 saturated carbocycles. The van der Waals surface area contributed by atoms with Crippen molar-refractivity contribution in [3.05, 3.63) is 48.0 Å². The van der Waals surface area contributed by atoms with E-state index in [0.717, 1.165) is 53.3 Å². The van der Waals surface area contributed by atoms with Crippen molar-refractivity contribution in [1.82, 2.24) is 10.2 Å². The van der Waals surface area contributed by atoms with Gasteiger partial charge in [-0.2, -0.15) is 0 Å². The summed E-state index contributed by atoms with van der Waals surface area (Å²) in [4.78, 5) is 39.5.